The molecule has 0 atom stereocenters. The van der Waals surface area contributed by atoms with Crippen LogP contribution in [0.15, 0.2) is 54.6 Å². The van der Waals surface area contributed by atoms with E-state index in [9.17, 15) is 13.2 Å². The average molecular weight is 295 g/mol. The van der Waals surface area contributed by atoms with Crippen molar-refractivity contribution in [2.24, 2.45) is 0 Å². The van der Waals surface area contributed by atoms with Gasteiger partial charge in [-0.1, -0.05) is 30.3 Å². The highest BCUT2D eigenvalue weighted by molar-refractivity contribution is 5.28. The third-order valence-corrected chi connectivity index (χ3v) is 2.90. The van der Waals surface area contributed by atoms with Crippen molar-refractivity contribution < 1.29 is 17.9 Å². The molecule has 0 aliphatic carbocycles. The average Bonchev–Trinajstić information content (AvgIpc) is 2.47. The van der Waals surface area contributed by atoms with Gasteiger partial charge in [0.05, 0.1) is 5.56 Å². The highest BCUT2D eigenvalue weighted by atomic mass is 19.4. The minimum absolute atomic E-state index is 0.401. The number of ether oxygens (including phenoxy) is 1. The molecule has 0 amide bonds. The molecular weight excluding hydrogens is 279 g/mol. The van der Waals surface area contributed by atoms with Gasteiger partial charge in [0.1, 0.15) is 12.4 Å². The third kappa shape index (κ3) is 5.11. The van der Waals surface area contributed by atoms with E-state index in [2.05, 4.69) is 5.32 Å². The molecule has 0 aliphatic heterocycles. The summed E-state index contributed by atoms with van der Waals surface area (Å²) < 4.78 is 42.5. The number of hydrogen-bond acceptors (Lipinski definition) is 2. The minimum atomic E-state index is -4.31. The Morgan fingerprint density at radius 1 is 0.905 bits per heavy atom. The molecule has 0 saturated heterocycles. The van der Waals surface area contributed by atoms with Gasteiger partial charge in [-0.05, 0) is 29.8 Å². The van der Waals surface area contributed by atoms with Crippen molar-refractivity contribution in [2.75, 3.05) is 13.2 Å². The number of alkyl halides is 3. The molecule has 5 heteroatoms. The number of hydrogen-bond donors (Lipinski definition) is 1. The summed E-state index contributed by atoms with van der Waals surface area (Å²) in [5.41, 5.74) is 0.504. The molecule has 0 radical (unpaired) electrons. The highest BCUT2D eigenvalue weighted by Crippen LogP contribution is 2.30. The van der Waals surface area contributed by atoms with Gasteiger partial charge in [0.15, 0.2) is 0 Å². The van der Waals surface area contributed by atoms with Crippen LogP contribution in [0.25, 0.3) is 0 Å². The number of nitrogens with one attached hydrogen (secondary N) is 1. The molecule has 0 aromatic heterocycles. The van der Waals surface area contributed by atoms with Gasteiger partial charge in [0.25, 0.3) is 0 Å². The molecule has 112 valence electrons. The quantitative estimate of drug-likeness (QED) is 0.817. The van der Waals surface area contributed by atoms with Crippen molar-refractivity contribution >= 4 is 0 Å². The summed E-state index contributed by atoms with van der Waals surface area (Å²) in [6, 6.07) is 14.6. The molecule has 2 nitrogen and oxygen atoms in total. The van der Waals surface area contributed by atoms with E-state index in [0.717, 1.165) is 18.7 Å². The summed E-state index contributed by atoms with van der Waals surface area (Å²) >= 11 is 0. The van der Waals surface area contributed by atoms with E-state index in [1.54, 1.807) is 0 Å². The molecule has 0 fully saturated rings. The standard InChI is InChI=1S/C16H16F3NO/c17-16(18,19)14-6-8-15(9-7-14)21-11-10-20-12-13-4-2-1-3-5-13/h1-9,20H,10-12H2. The van der Waals surface area contributed by atoms with Gasteiger partial charge in [-0.25, -0.2) is 0 Å². The van der Waals surface area contributed by atoms with Crippen LogP contribution in [0.4, 0.5) is 13.2 Å². The molecule has 0 saturated carbocycles. The second-order valence-electron chi connectivity index (χ2n) is 4.53. The van der Waals surface area contributed by atoms with Gasteiger partial charge in [-0.2, -0.15) is 13.2 Å². The first-order valence-electron chi connectivity index (χ1n) is 6.60. The van der Waals surface area contributed by atoms with Crippen molar-refractivity contribution in [3.8, 4) is 5.75 Å². The zero-order chi connectivity index (χ0) is 15.1. The van der Waals surface area contributed by atoms with E-state index in [4.69, 9.17) is 4.74 Å². The van der Waals surface area contributed by atoms with Crippen LogP contribution in [0, 0.1) is 0 Å². The Morgan fingerprint density at radius 2 is 1.57 bits per heavy atom. The van der Waals surface area contributed by atoms with Gasteiger partial charge in [0.2, 0.25) is 0 Å². The lowest BCUT2D eigenvalue weighted by Gasteiger charge is -2.10. The molecule has 0 unspecified atom stereocenters. The normalized spacial score (nSPS) is 11.4. The maximum atomic E-state index is 12.4. The molecule has 0 heterocycles. The smallest absolute Gasteiger partial charge is 0.416 e. The number of halogens is 3. The van der Waals surface area contributed by atoms with Crippen molar-refractivity contribution in [1.82, 2.24) is 5.32 Å². The first-order valence-corrected chi connectivity index (χ1v) is 6.60. The lowest BCUT2D eigenvalue weighted by molar-refractivity contribution is -0.137. The van der Waals surface area contributed by atoms with E-state index in [1.165, 1.54) is 17.7 Å². The van der Waals surface area contributed by atoms with E-state index >= 15 is 0 Å². The largest absolute Gasteiger partial charge is 0.492 e. The highest BCUT2D eigenvalue weighted by Gasteiger charge is 2.29. The lowest BCUT2D eigenvalue weighted by Crippen LogP contribution is -2.20. The van der Waals surface area contributed by atoms with Crippen molar-refractivity contribution in [3.05, 3.63) is 65.7 Å². The van der Waals surface area contributed by atoms with Gasteiger partial charge in [0, 0.05) is 13.1 Å². The maximum Gasteiger partial charge on any atom is 0.416 e. The van der Waals surface area contributed by atoms with Crippen LogP contribution in [0.1, 0.15) is 11.1 Å². The van der Waals surface area contributed by atoms with Gasteiger partial charge in [-0.3, -0.25) is 0 Å². The number of benzene rings is 2. The zero-order valence-corrected chi connectivity index (χ0v) is 11.4. The predicted molar refractivity (Wildman–Crippen MR) is 75.1 cm³/mol. The molecule has 1 N–H and O–H groups in total. The molecule has 2 rings (SSSR count). The molecule has 21 heavy (non-hydrogen) atoms. The van der Waals surface area contributed by atoms with Gasteiger partial charge >= 0.3 is 6.18 Å². The Balaban J connectivity index is 1.69. The van der Waals surface area contributed by atoms with E-state index in [-0.39, 0.29) is 0 Å². The lowest BCUT2D eigenvalue weighted by atomic mass is 10.2. The Morgan fingerprint density at radius 3 is 2.19 bits per heavy atom. The fourth-order valence-electron chi connectivity index (χ4n) is 1.81. The van der Waals surface area contributed by atoms with Crippen LogP contribution in [0.3, 0.4) is 0 Å². The second-order valence-corrected chi connectivity index (χ2v) is 4.53. The van der Waals surface area contributed by atoms with Crippen LogP contribution >= 0.6 is 0 Å². The van der Waals surface area contributed by atoms with Crippen LogP contribution in [-0.2, 0) is 12.7 Å². The predicted octanol–water partition coefficient (Wildman–Crippen LogP) is 3.87. The van der Waals surface area contributed by atoms with Crippen LogP contribution in [0.5, 0.6) is 5.75 Å². The summed E-state index contributed by atoms with van der Waals surface area (Å²) in [6.07, 6.45) is -4.31. The second kappa shape index (κ2) is 7.13. The van der Waals surface area contributed by atoms with E-state index < -0.39 is 11.7 Å². The summed E-state index contributed by atoms with van der Waals surface area (Å²) in [7, 11) is 0. The fraction of sp³-hybridized carbons (Fsp3) is 0.250. The van der Waals surface area contributed by atoms with Crippen molar-refractivity contribution in [1.29, 1.82) is 0 Å². The molecule has 2 aromatic carbocycles. The fourth-order valence-corrected chi connectivity index (χ4v) is 1.81. The molecule has 2 aromatic rings. The molecular formula is C16H16F3NO. The van der Waals surface area contributed by atoms with Crippen molar-refractivity contribution in [2.45, 2.75) is 12.7 Å². The minimum Gasteiger partial charge on any atom is -0.492 e. The summed E-state index contributed by atoms with van der Waals surface area (Å²) in [5, 5.41) is 3.20. The summed E-state index contributed by atoms with van der Waals surface area (Å²) in [4.78, 5) is 0. The van der Waals surface area contributed by atoms with Gasteiger partial charge < -0.3 is 10.1 Å². The first-order chi connectivity index (χ1) is 10.1. The Bertz CT molecular complexity index is 538. The SMILES string of the molecule is FC(F)(F)c1ccc(OCCNCc2ccccc2)cc1. The maximum absolute atomic E-state index is 12.4. The third-order valence-electron chi connectivity index (χ3n) is 2.90. The van der Waals surface area contributed by atoms with Gasteiger partial charge in [-0.15, -0.1) is 0 Å². The topological polar surface area (TPSA) is 21.3 Å². The van der Waals surface area contributed by atoms with Crippen LogP contribution in [0.2, 0.25) is 0 Å². The monoisotopic (exact) mass is 295 g/mol. The Kier molecular flexibility index (Phi) is 5.22. The van der Waals surface area contributed by atoms with Crippen molar-refractivity contribution in [3.63, 3.8) is 0 Å². The Hall–Kier alpha value is -2.01. The Labute approximate surface area is 121 Å². The summed E-state index contributed by atoms with van der Waals surface area (Å²) in [5.74, 6) is 0.435. The zero-order valence-electron chi connectivity index (χ0n) is 11.4. The first kappa shape index (κ1) is 15.4. The van der Waals surface area contributed by atoms with E-state index in [0.29, 0.717) is 18.9 Å². The molecule has 0 bridgehead atoms. The van der Waals surface area contributed by atoms with Crippen LogP contribution in [-0.4, -0.2) is 13.2 Å². The molecule has 0 spiro atoms. The van der Waals surface area contributed by atoms with E-state index in [1.807, 2.05) is 30.3 Å². The van der Waals surface area contributed by atoms with Crippen LogP contribution < -0.4 is 10.1 Å². The summed E-state index contributed by atoms with van der Waals surface area (Å²) in [6.45, 7) is 1.76. The number of rotatable bonds is 6. The molecule has 0 aliphatic rings.